The Kier molecular flexibility index (Phi) is 9.04. The van der Waals surface area contributed by atoms with Crippen LogP contribution in [0.1, 0.15) is 33.6 Å². The molecule has 1 aromatic rings. The van der Waals surface area contributed by atoms with Gasteiger partial charge in [0, 0.05) is 57.9 Å². The summed E-state index contributed by atoms with van der Waals surface area (Å²) in [4.78, 5) is 24.0. The predicted octanol–water partition coefficient (Wildman–Crippen LogP) is 3.04. The molecule has 29 heavy (non-hydrogen) atoms. The lowest BCUT2D eigenvalue weighted by Gasteiger charge is -2.36. The average Bonchev–Trinajstić information content (AvgIpc) is 3.07. The molecule has 0 saturated carbocycles. The van der Waals surface area contributed by atoms with Crippen molar-refractivity contribution >= 4 is 41.5 Å². The van der Waals surface area contributed by atoms with Gasteiger partial charge in [-0.15, -0.1) is 24.0 Å². The van der Waals surface area contributed by atoms with E-state index in [0.29, 0.717) is 18.4 Å². The number of hydrogen-bond donors (Lipinski definition) is 1. The molecule has 0 radical (unpaired) electrons. The molecule has 0 aromatic heterocycles. The van der Waals surface area contributed by atoms with E-state index in [1.54, 1.807) is 0 Å². The first-order chi connectivity index (χ1) is 13.5. The van der Waals surface area contributed by atoms with Gasteiger partial charge in [-0.25, -0.2) is 0 Å². The molecule has 0 unspecified atom stereocenters. The molecule has 6 nitrogen and oxygen atoms in total. The molecule has 2 fully saturated rings. The normalized spacial score (nSPS) is 19.1. The van der Waals surface area contributed by atoms with Gasteiger partial charge in [0.05, 0.1) is 6.54 Å². The van der Waals surface area contributed by atoms with E-state index < -0.39 is 0 Å². The molecule has 0 bridgehead atoms. The number of likely N-dealkylation sites (tertiary alicyclic amines) is 1. The number of rotatable bonds is 5. The zero-order valence-electron chi connectivity index (χ0n) is 18.1. The highest BCUT2D eigenvalue weighted by atomic mass is 127. The van der Waals surface area contributed by atoms with Crippen LogP contribution >= 0.6 is 24.0 Å². The zero-order chi connectivity index (χ0) is 20.0. The number of carbonyl (C=O) groups is 1. The van der Waals surface area contributed by atoms with Crippen molar-refractivity contribution in [3.05, 3.63) is 30.3 Å². The quantitative estimate of drug-likeness (QED) is 0.374. The summed E-state index contributed by atoms with van der Waals surface area (Å²) in [5, 5.41) is 3.38. The monoisotopic (exact) mass is 513 g/mol. The third kappa shape index (κ3) is 6.76. The van der Waals surface area contributed by atoms with Gasteiger partial charge < -0.3 is 20.0 Å². The molecule has 3 rings (SSSR count). The largest absolute Gasteiger partial charge is 0.368 e. The number of piperazine rings is 1. The molecule has 1 aromatic carbocycles. The number of amides is 1. The Morgan fingerprint density at radius 2 is 1.76 bits per heavy atom. The summed E-state index contributed by atoms with van der Waals surface area (Å²) in [7, 11) is 0. The van der Waals surface area contributed by atoms with Gasteiger partial charge in [-0.1, -0.05) is 32.0 Å². The standard InChI is InChI=1S/C22H35N5O.HI/c1-4-23-21(27-13-11-22(2,3)18-27)24-12-10-20(28)26-16-14-25(15-17-26)19-8-6-5-7-9-19;/h5-9H,4,10-18H2,1-3H3,(H,23,24);1H. The van der Waals surface area contributed by atoms with Crippen molar-refractivity contribution in [2.45, 2.75) is 33.6 Å². The maximum atomic E-state index is 12.6. The van der Waals surface area contributed by atoms with Crippen LogP contribution in [-0.4, -0.2) is 74.0 Å². The summed E-state index contributed by atoms with van der Waals surface area (Å²) in [6.45, 7) is 13.5. The Hall–Kier alpha value is -1.51. The second-order valence-electron chi connectivity index (χ2n) is 8.52. The number of hydrogen-bond acceptors (Lipinski definition) is 3. The number of halogens is 1. The van der Waals surface area contributed by atoms with E-state index in [9.17, 15) is 4.79 Å². The van der Waals surface area contributed by atoms with E-state index in [2.05, 4.69) is 60.2 Å². The molecule has 2 heterocycles. The summed E-state index contributed by atoms with van der Waals surface area (Å²) in [5.41, 5.74) is 1.58. The number of nitrogens with zero attached hydrogens (tertiary/aromatic N) is 4. The molecular weight excluding hydrogens is 477 g/mol. The van der Waals surface area contributed by atoms with Gasteiger partial charge in [0.2, 0.25) is 5.91 Å². The van der Waals surface area contributed by atoms with Crippen molar-refractivity contribution in [1.29, 1.82) is 0 Å². The Morgan fingerprint density at radius 3 is 2.34 bits per heavy atom. The second kappa shape index (κ2) is 11.0. The first-order valence-corrected chi connectivity index (χ1v) is 10.6. The van der Waals surface area contributed by atoms with Crippen LogP contribution in [0.15, 0.2) is 35.3 Å². The van der Waals surface area contributed by atoms with Crippen LogP contribution in [-0.2, 0) is 4.79 Å². The van der Waals surface area contributed by atoms with Crippen LogP contribution in [0.4, 0.5) is 5.69 Å². The highest BCUT2D eigenvalue weighted by molar-refractivity contribution is 14.0. The highest BCUT2D eigenvalue weighted by Gasteiger charge is 2.31. The lowest BCUT2D eigenvalue weighted by molar-refractivity contribution is -0.131. The first kappa shape index (κ1) is 23.8. The zero-order valence-corrected chi connectivity index (χ0v) is 20.4. The average molecular weight is 513 g/mol. The van der Waals surface area contributed by atoms with E-state index in [4.69, 9.17) is 4.99 Å². The lowest BCUT2D eigenvalue weighted by Crippen LogP contribution is -2.49. The predicted molar refractivity (Wildman–Crippen MR) is 131 cm³/mol. The van der Waals surface area contributed by atoms with Gasteiger partial charge in [0.1, 0.15) is 0 Å². The van der Waals surface area contributed by atoms with Crippen molar-refractivity contribution in [3.63, 3.8) is 0 Å². The number of aliphatic imine (C=N–C) groups is 1. The van der Waals surface area contributed by atoms with Gasteiger partial charge in [-0.2, -0.15) is 0 Å². The second-order valence-corrected chi connectivity index (χ2v) is 8.52. The number of carbonyl (C=O) groups excluding carboxylic acids is 1. The van der Waals surface area contributed by atoms with Crippen molar-refractivity contribution < 1.29 is 4.79 Å². The van der Waals surface area contributed by atoms with Gasteiger partial charge >= 0.3 is 0 Å². The molecule has 0 spiro atoms. The van der Waals surface area contributed by atoms with Crippen LogP contribution in [0.5, 0.6) is 0 Å². The number of guanidine groups is 1. The molecule has 0 aliphatic carbocycles. The minimum Gasteiger partial charge on any atom is -0.368 e. The van der Waals surface area contributed by atoms with E-state index in [1.807, 2.05) is 11.0 Å². The third-order valence-corrected chi connectivity index (χ3v) is 5.65. The number of para-hydroxylation sites is 1. The van der Waals surface area contributed by atoms with Gasteiger partial charge in [-0.3, -0.25) is 9.79 Å². The van der Waals surface area contributed by atoms with Crippen molar-refractivity contribution in [3.8, 4) is 0 Å². The maximum absolute atomic E-state index is 12.6. The third-order valence-electron chi connectivity index (χ3n) is 5.65. The summed E-state index contributed by atoms with van der Waals surface area (Å²) in [5.74, 6) is 1.17. The Balaban J connectivity index is 0.00000300. The molecule has 1 amide bonds. The van der Waals surface area contributed by atoms with Crippen LogP contribution in [0, 0.1) is 5.41 Å². The Bertz CT molecular complexity index is 671. The molecule has 0 atom stereocenters. The fraction of sp³-hybridized carbons (Fsp3) is 0.636. The van der Waals surface area contributed by atoms with Crippen LogP contribution in [0.2, 0.25) is 0 Å². The van der Waals surface area contributed by atoms with E-state index >= 15 is 0 Å². The SMILES string of the molecule is CCNC(=NCCC(=O)N1CCN(c2ccccc2)CC1)N1CCC(C)(C)C1.I. The summed E-state index contributed by atoms with van der Waals surface area (Å²) in [6, 6.07) is 10.4. The van der Waals surface area contributed by atoms with Gasteiger partial charge in [0.15, 0.2) is 5.96 Å². The Morgan fingerprint density at radius 1 is 1.07 bits per heavy atom. The molecule has 2 aliphatic heterocycles. The first-order valence-electron chi connectivity index (χ1n) is 10.6. The summed E-state index contributed by atoms with van der Waals surface area (Å²) >= 11 is 0. The van der Waals surface area contributed by atoms with E-state index in [0.717, 1.165) is 51.8 Å². The number of nitrogens with one attached hydrogen (secondary N) is 1. The van der Waals surface area contributed by atoms with Crippen molar-refractivity contribution in [2.24, 2.45) is 10.4 Å². The van der Waals surface area contributed by atoms with Crippen LogP contribution in [0.25, 0.3) is 0 Å². The number of benzene rings is 1. The molecule has 2 aliphatic rings. The van der Waals surface area contributed by atoms with Crippen molar-refractivity contribution in [2.75, 3.05) is 57.3 Å². The lowest BCUT2D eigenvalue weighted by atomic mass is 9.93. The van der Waals surface area contributed by atoms with Crippen LogP contribution in [0.3, 0.4) is 0 Å². The molecule has 2 saturated heterocycles. The molecule has 1 N–H and O–H groups in total. The fourth-order valence-corrected chi connectivity index (χ4v) is 3.99. The molecule has 162 valence electrons. The fourth-order valence-electron chi connectivity index (χ4n) is 3.99. The van der Waals surface area contributed by atoms with Crippen molar-refractivity contribution in [1.82, 2.24) is 15.1 Å². The minimum atomic E-state index is 0. The number of anilines is 1. The molecular formula is C22H36IN5O. The summed E-state index contributed by atoms with van der Waals surface area (Å²) in [6.07, 6.45) is 1.67. The Labute approximate surface area is 192 Å². The minimum absolute atomic E-state index is 0. The van der Waals surface area contributed by atoms with E-state index in [1.165, 1.54) is 12.1 Å². The highest BCUT2D eigenvalue weighted by Crippen LogP contribution is 2.28. The summed E-state index contributed by atoms with van der Waals surface area (Å²) < 4.78 is 0. The van der Waals surface area contributed by atoms with Crippen LogP contribution < -0.4 is 10.2 Å². The maximum Gasteiger partial charge on any atom is 0.224 e. The smallest absolute Gasteiger partial charge is 0.224 e. The molecule has 7 heteroatoms. The van der Waals surface area contributed by atoms with E-state index in [-0.39, 0.29) is 29.9 Å². The van der Waals surface area contributed by atoms with Gasteiger partial charge in [-0.05, 0) is 30.9 Å². The topological polar surface area (TPSA) is 51.2 Å². The van der Waals surface area contributed by atoms with Gasteiger partial charge in [0.25, 0.3) is 0 Å².